The van der Waals surface area contributed by atoms with Gasteiger partial charge in [-0.2, -0.15) is 0 Å². The molecule has 0 aliphatic carbocycles. The molecule has 0 unspecified atom stereocenters. The van der Waals surface area contributed by atoms with Gasteiger partial charge >= 0.3 is 0 Å². The smallest absolute Gasteiger partial charge is 0.264 e. The third kappa shape index (κ3) is 2.13. The molecule has 2 aromatic heterocycles. The summed E-state index contributed by atoms with van der Waals surface area (Å²) in [5.74, 6) is -0.394. The SMILES string of the molecule is Cn1c(-c2ccccc2F)cc2onc(-c3ccccc3)c2c1=O. The first-order valence-corrected chi connectivity index (χ1v) is 7.46. The van der Waals surface area contributed by atoms with Crippen molar-refractivity contribution >= 4 is 11.0 Å². The predicted octanol–water partition coefficient (Wildman–Crippen LogP) is 4.00. The summed E-state index contributed by atoms with van der Waals surface area (Å²) in [6, 6.07) is 17.3. The first kappa shape index (κ1) is 14.4. The van der Waals surface area contributed by atoms with Crippen LogP contribution in [0.1, 0.15) is 0 Å². The second-order valence-corrected chi connectivity index (χ2v) is 5.51. The van der Waals surface area contributed by atoms with E-state index in [-0.39, 0.29) is 5.56 Å². The van der Waals surface area contributed by atoms with Crippen LogP contribution in [0.15, 0.2) is 70.0 Å². The predicted molar refractivity (Wildman–Crippen MR) is 90.1 cm³/mol. The van der Waals surface area contributed by atoms with Crippen LogP contribution in [-0.2, 0) is 7.05 Å². The van der Waals surface area contributed by atoms with E-state index in [4.69, 9.17) is 4.52 Å². The van der Waals surface area contributed by atoms with E-state index >= 15 is 0 Å². The molecule has 0 saturated carbocycles. The first-order valence-electron chi connectivity index (χ1n) is 7.46. The lowest BCUT2D eigenvalue weighted by atomic mass is 10.1. The number of hydrogen-bond acceptors (Lipinski definition) is 3. The van der Waals surface area contributed by atoms with Crippen molar-refractivity contribution in [2.45, 2.75) is 0 Å². The Bertz CT molecular complexity index is 1100. The average molecular weight is 320 g/mol. The van der Waals surface area contributed by atoms with Crippen LogP contribution in [0.25, 0.3) is 33.5 Å². The molecule has 0 amide bonds. The Morgan fingerprint density at radius 1 is 1.04 bits per heavy atom. The Morgan fingerprint density at radius 3 is 2.50 bits per heavy atom. The van der Waals surface area contributed by atoms with Gasteiger partial charge in [0.1, 0.15) is 16.9 Å². The summed E-state index contributed by atoms with van der Waals surface area (Å²) < 4.78 is 20.9. The zero-order chi connectivity index (χ0) is 16.7. The second kappa shape index (κ2) is 5.45. The quantitative estimate of drug-likeness (QED) is 0.561. The maximum atomic E-state index is 14.1. The summed E-state index contributed by atoms with van der Waals surface area (Å²) in [5.41, 5.74) is 2.15. The van der Waals surface area contributed by atoms with Crippen LogP contribution in [0.2, 0.25) is 0 Å². The van der Waals surface area contributed by atoms with Crippen molar-refractivity contribution in [1.82, 2.24) is 9.72 Å². The van der Waals surface area contributed by atoms with Crippen molar-refractivity contribution in [3.05, 3.63) is 76.8 Å². The maximum Gasteiger partial charge on any atom is 0.264 e. The Kier molecular flexibility index (Phi) is 3.27. The summed E-state index contributed by atoms with van der Waals surface area (Å²) in [6.45, 7) is 0. The van der Waals surface area contributed by atoms with E-state index in [0.29, 0.717) is 27.9 Å². The number of fused-ring (bicyclic) bond motifs is 1. The minimum Gasteiger partial charge on any atom is -0.355 e. The second-order valence-electron chi connectivity index (χ2n) is 5.51. The normalized spacial score (nSPS) is 11.1. The number of benzene rings is 2. The number of aromatic nitrogens is 2. The van der Waals surface area contributed by atoms with Crippen LogP contribution in [0.5, 0.6) is 0 Å². The Balaban J connectivity index is 2.02. The molecule has 4 nitrogen and oxygen atoms in total. The Hall–Kier alpha value is -3.21. The zero-order valence-electron chi connectivity index (χ0n) is 12.9. The van der Waals surface area contributed by atoms with Gasteiger partial charge in [0.2, 0.25) is 0 Å². The van der Waals surface area contributed by atoms with Crippen LogP contribution in [0, 0.1) is 5.82 Å². The van der Waals surface area contributed by atoms with Crippen molar-refractivity contribution in [2.24, 2.45) is 7.05 Å². The molecular formula is C19H13FN2O2. The van der Waals surface area contributed by atoms with E-state index < -0.39 is 5.82 Å². The van der Waals surface area contributed by atoms with E-state index in [9.17, 15) is 9.18 Å². The molecule has 4 aromatic rings. The van der Waals surface area contributed by atoms with E-state index in [0.717, 1.165) is 5.56 Å². The van der Waals surface area contributed by atoms with Crippen molar-refractivity contribution < 1.29 is 8.91 Å². The molecule has 0 spiro atoms. The molecule has 4 rings (SSSR count). The molecule has 0 atom stereocenters. The highest BCUT2D eigenvalue weighted by molar-refractivity contribution is 5.92. The highest BCUT2D eigenvalue weighted by atomic mass is 19.1. The van der Waals surface area contributed by atoms with Crippen LogP contribution >= 0.6 is 0 Å². The van der Waals surface area contributed by atoms with Crippen molar-refractivity contribution in [3.63, 3.8) is 0 Å². The summed E-state index contributed by atoms with van der Waals surface area (Å²) in [5, 5.41) is 4.44. The number of hydrogen-bond donors (Lipinski definition) is 0. The lowest BCUT2D eigenvalue weighted by Crippen LogP contribution is -2.18. The topological polar surface area (TPSA) is 48.0 Å². The Morgan fingerprint density at radius 2 is 1.75 bits per heavy atom. The number of nitrogens with zero attached hydrogens (tertiary/aromatic N) is 2. The molecule has 0 bridgehead atoms. The van der Waals surface area contributed by atoms with Crippen molar-refractivity contribution in [2.75, 3.05) is 0 Å². The molecule has 0 fully saturated rings. The van der Waals surface area contributed by atoms with Crippen molar-refractivity contribution in [3.8, 4) is 22.5 Å². The van der Waals surface area contributed by atoms with E-state index in [1.807, 2.05) is 30.3 Å². The van der Waals surface area contributed by atoms with Crippen LogP contribution < -0.4 is 5.56 Å². The molecule has 5 heteroatoms. The fourth-order valence-electron chi connectivity index (χ4n) is 2.83. The van der Waals surface area contributed by atoms with Crippen LogP contribution in [0.3, 0.4) is 0 Å². The number of pyridine rings is 1. The van der Waals surface area contributed by atoms with Gasteiger partial charge in [-0.15, -0.1) is 0 Å². The summed E-state index contributed by atoms with van der Waals surface area (Å²) in [4.78, 5) is 12.8. The monoisotopic (exact) mass is 320 g/mol. The number of rotatable bonds is 2. The maximum absolute atomic E-state index is 14.1. The third-order valence-electron chi connectivity index (χ3n) is 4.06. The molecule has 0 radical (unpaired) electrons. The molecule has 0 aliphatic rings. The van der Waals surface area contributed by atoms with E-state index in [1.54, 1.807) is 31.3 Å². The van der Waals surface area contributed by atoms with Gasteiger partial charge in [-0.3, -0.25) is 4.79 Å². The van der Waals surface area contributed by atoms with Gasteiger partial charge in [0, 0.05) is 24.2 Å². The van der Waals surface area contributed by atoms with Gasteiger partial charge in [0.05, 0.1) is 5.69 Å². The minimum absolute atomic E-state index is 0.272. The van der Waals surface area contributed by atoms with Gasteiger partial charge in [0.15, 0.2) is 5.58 Å². The standard InChI is InChI=1S/C19H13FN2O2/c1-22-15(13-9-5-6-10-14(13)20)11-16-17(19(22)23)18(21-24-16)12-7-3-2-4-8-12/h2-11H,1H3. The largest absolute Gasteiger partial charge is 0.355 e. The number of halogens is 1. The van der Waals surface area contributed by atoms with Gasteiger partial charge in [-0.05, 0) is 12.1 Å². The van der Waals surface area contributed by atoms with E-state index in [1.165, 1.54) is 10.6 Å². The average Bonchev–Trinajstić information content (AvgIpc) is 3.04. The van der Waals surface area contributed by atoms with Gasteiger partial charge < -0.3 is 9.09 Å². The fraction of sp³-hybridized carbons (Fsp3) is 0.0526. The first-order chi connectivity index (χ1) is 11.7. The Labute approximate surface area is 136 Å². The summed E-state index contributed by atoms with van der Waals surface area (Å²) in [6.07, 6.45) is 0. The summed E-state index contributed by atoms with van der Waals surface area (Å²) in [7, 11) is 1.62. The molecule has 0 aliphatic heterocycles. The lowest BCUT2D eigenvalue weighted by Gasteiger charge is -2.09. The molecule has 0 N–H and O–H groups in total. The molecule has 24 heavy (non-hydrogen) atoms. The minimum atomic E-state index is -0.394. The highest BCUT2D eigenvalue weighted by Crippen LogP contribution is 2.29. The molecule has 118 valence electrons. The molecular weight excluding hydrogens is 307 g/mol. The van der Waals surface area contributed by atoms with Gasteiger partial charge in [0.25, 0.3) is 5.56 Å². The van der Waals surface area contributed by atoms with Crippen LogP contribution in [0.4, 0.5) is 4.39 Å². The van der Waals surface area contributed by atoms with Gasteiger partial charge in [-0.1, -0.05) is 47.6 Å². The lowest BCUT2D eigenvalue weighted by molar-refractivity contribution is 0.459. The highest BCUT2D eigenvalue weighted by Gasteiger charge is 2.18. The molecule has 2 aromatic carbocycles. The third-order valence-corrected chi connectivity index (χ3v) is 4.06. The molecule has 0 saturated heterocycles. The zero-order valence-corrected chi connectivity index (χ0v) is 12.9. The fourth-order valence-corrected chi connectivity index (χ4v) is 2.83. The summed E-state index contributed by atoms with van der Waals surface area (Å²) >= 11 is 0. The molecule has 2 heterocycles. The van der Waals surface area contributed by atoms with Gasteiger partial charge in [-0.25, -0.2) is 4.39 Å². The van der Waals surface area contributed by atoms with Crippen molar-refractivity contribution in [1.29, 1.82) is 0 Å². The van der Waals surface area contributed by atoms with Crippen LogP contribution in [-0.4, -0.2) is 9.72 Å². The van der Waals surface area contributed by atoms with E-state index in [2.05, 4.69) is 5.16 Å².